The molecule has 6 rings (SSSR count). The molecule has 3 aliphatic heterocycles. The summed E-state index contributed by atoms with van der Waals surface area (Å²) < 4.78 is 28.9. The van der Waals surface area contributed by atoms with Crippen LogP contribution in [0.3, 0.4) is 0 Å². The van der Waals surface area contributed by atoms with Crippen LogP contribution in [0.4, 0.5) is 20.8 Å². The van der Waals surface area contributed by atoms with Crippen LogP contribution in [0.2, 0.25) is 0 Å². The molecule has 1 aromatic carbocycles. The molecular weight excluding hydrogens is 503 g/mol. The maximum Gasteiger partial charge on any atom is 0.328 e. The summed E-state index contributed by atoms with van der Waals surface area (Å²) in [5.74, 6) is -1.88. The van der Waals surface area contributed by atoms with Gasteiger partial charge in [0.05, 0.1) is 35.4 Å². The molecular formula is C23H25FN8O6. The van der Waals surface area contributed by atoms with Crippen LogP contribution in [0, 0.1) is 11.2 Å². The van der Waals surface area contributed by atoms with Crippen LogP contribution >= 0.6 is 0 Å². The molecule has 2 saturated heterocycles. The third-order valence-corrected chi connectivity index (χ3v) is 7.25. The molecule has 0 saturated carbocycles. The Bertz CT molecular complexity index is 1460. The predicted molar refractivity (Wildman–Crippen MR) is 128 cm³/mol. The van der Waals surface area contributed by atoms with Crippen molar-refractivity contribution in [1.82, 2.24) is 30.6 Å². The average Bonchev–Trinajstić information content (AvgIpc) is 3.47. The number of amides is 4. The summed E-state index contributed by atoms with van der Waals surface area (Å²) in [6.45, 7) is 5.50. The first kappa shape index (κ1) is 24.2. The first-order valence-electron chi connectivity index (χ1n) is 12.1. The van der Waals surface area contributed by atoms with E-state index in [0.29, 0.717) is 5.56 Å². The fraction of sp³-hybridized carbons (Fsp3) is 0.478. The highest BCUT2D eigenvalue weighted by molar-refractivity contribution is 6.20. The van der Waals surface area contributed by atoms with E-state index < -0.39 is 47.3 Å². The average molecular weight is 529 g/mol. The van der Waals surface area contributed by atoms with E-state index in [1.807, 2.05) is 6.92 Å². The third kappa shape index (κ3) is 3.38. The van der Waals surface area contributed by atoms with E-state index in [0.717, 1.165) is 0 Å². The van der Waals surface area contributed by atoms with Crippen LogP contribution < -0.4 is 20.9 Å². The lowest BCUT2D eigenvalue weighted by Gasteiger charge is -2.55. The molecule has 200 valence electrons. The molecule has 0 unspecified atom stereocenters. The van der Waals surface area contributed by atoms with E-state index in [2.05, 4.69) is 31.2 Å². The van der Waals surface area contributed by atoms with Crippen molar-refractivity contribution in [2.75, 3.05) is 23.3 Å². The molecule has 14 nitrogen and oxygen atoms in total. The summed E-state index contributed by atoms with van der Waals surface area (Å²) in [5.41, 5.74) is -1.35. The number of fused-ring (bicyclic) bond motifs is 5. The molecule has 0 radical (unpaired) electrons. The Labute approximate surface area is 214 Å². The van der Waals surface area contributed by atoms with Crippen molar-refractivity contribution in [3.63, 3.8) is 0 Å². The summed E-state index contributed by atoms with van der Waals surface area (Å²) in [6.07, 6.45) is -0.573. The van der Waals surface area contributed by atoms with Crippen molar-refractivity contribution >= 4 is 40.5 Å². The Kier molecular flexibility index (Phi) is 5.39. The summed E-state index contributed by atoms with van der Waals surface area (Å²) in [5, 5.41) is 25.4. The van der Waals surface area contributed by atoms with Gasteiger partial charge in [0.25, 0.3) is 0 Å². The first-order valence-corrected chi connectivity index (χ1v) is 12.1. The number of aromatic nitrogens is 4. The molecule has 0 bridgehead atoms. The summed E-state index contributed by atoms with van der Waals surface area (Å²) >= 11 is 0. The molecule has 3 aromatic rings. The lowest BCUT2D eigenvalue weighted by Crippen LogP contribution is -2.75. The smallest absolute Gasteiger partial charge is 0.328 e. The molecule has 1 spiro atoms. The minimum absolute atomic E-state index is 0.125. The van der Waals surface area contributed by atoms with Crippen LogP contribution in [0.15, 0.2) is 16.9 Å². The number of carbonyl (C=O) groups excluding carboxylic acids is 3. The monoisotopic (exact) mass is 528 g/mol. The lowest BCUT2D eigenvalue weighted by molar-refractivity contribution is -0.153. The molecule has 2 fully saturated rings. The zero-order chi connectivity index (χ0) is 26.9. The number of nitrogens with zero attached hydrogens (tertiary/aromatic N) is 5. The molecule has 5 heterocycles. The zero-order valence-corrected chi connectivity index (χ0v) is 20.7. The molecule has 15 heteroatoms. The summed E-state index contributed by atoms with van der Waals surface area (Å²) in [6, 6.07) is -0.188. The largest absolute Gasteiger partial charge is 0.392 e. The number of rotatable bonds is 4. The predicted octanol–water partition coefficient (Wildman–Crippen LogP) is 0.231. The van der Waals surface area contributed by atoms with Crippen molar-refractivity contribution in [2.24, 2.45) is 5.41 Å². The van der Waals surface area contributed by atoms with Crippen molar-refractivity contribution in [3.05, 3.63) is 23.8 Å². The number of urea groups is 1. The zero-order valence-electron chi connectivity index (χ0n) is 20.7. The number of hydrogen-bond acceptors (Lipinski definition) is 11. The Morgan fingerprint density at radius 1 is 1.29 bits per heavy atom. The van der Waals surface area contributed by atoms with Crippen molar-refractivity contribution < 1.29 is 33.1 Å². The number of anilines is 2. The van der Waals surface area contributed by atoms with Crippen molar-refractivity contribution in [2.45, 2.75) is 51.5 Å². The van der Waals surface area contributed by atoms with Gasteiger partial charge in [0.1, 0.15) is 6.33 Å². The number of morpholine rings is 1. The van der Waals surface area contributed by atoms with Gasteiger partial charge in [-0.05, 0) is 32.4 Å². The topological polar surface area (TPSA) is 177 Å². The van der Waals surface area contributed by atoms with Crippen molar-refractivity contribution in [1.29, 1.82) is 0 Å². The van der Waals surface area contributed by atoms with Gasteiger partial charge in [0.2, 0.25) is 29.2 Å². The van der Waals surface area contributed by atoms with E-state index >= 15 is 4.39 Å². The van der Waals surface area contributed by atoms with Gasteiger partial charge in [-0.1, -0.05) is 5.16 Å². The Morgan fingerprint density at radius 2 is 2.03 bits per heavy atom. The number of carbonyl (C=O) groups is 3. The molecule has 4 atom stereocenters. The maximum atomic E-state index is 16.2. The maximum absolute atomic E-state index is 16.2. The number of aliphatic hydroxyl groups excluding tert-OH is 1. The molecule has 4 amide bonds. The highest BCUT2D eigenvalue weighted by Gasteiger charge is 2.63. The second-order valence-electron chi connectivity index (χ2n) is 9.94. The number of aliphatic hydroxyl groups is 1. The van der Waals surface area contributed by atoms with Crippen LogP contribution in [0.1, 0.15) is 26.3 Å². The van der Waals surface area contributed by atoms with Crippen LogP contribution in [-0.2, 0) is 20.7 Å². The molecule has 0 aliphatic carbocycles. The quantitative estimate of drug-likeness (QED) is 0.341. The van der Waals surface area contributed by atoms with Gasteiger partial charge in [-0.2, -0.15) is 14.8 Å². The second-order valence-corrected chi connectivity index (χ2v) is 9.94. The summed E-state index contributed by atoms with van der Waals surface area (Å²) in [7, 11) is 0. The number of nitrogens with one attached hydrogen (secondary N) is 3. The number of barbiturate groups is 1. The van der Waals surface area contributed by atoms with Gasteiger partial charge in [-0.25, -0.2) is 9.18 Å². The van der Waals surface area contributed by atoms with Gasteiger partial charge in [-0.15, -0.1) is 0 Å². The van der Waals surface area contributed by atoms with Crippen LogP contribution in [0.25, 0.3) is 16.8 Å². The molecule has 38 heavy (non-hydrogen) atoms. The summed E-state index contributed by atoms with van der Waals surface area (Å²) in [4.78, 5) is 44.4. The highest BCUT2D eigenvalue weighted by atomic mass is 19.1. The molecule has 3 aliphatic rings. The van der Waals surface area contributed by atoms with E-state index in [-0.39, 0.29) is 54.0 Å². The number of hydrogen-bond donors (Lipinski definition) is 4. The Hall–Kier alpha value is -4.11. The second kappa shape index (κ2) is 8.46. The first-order chi connectivity index (χ1) is 18.1. The molecule has 2 aromatic heterocycles. The van der Waals surface area contributed by atoms with Gasteiger partial charge in [0, 0.05) is 19.5 Å². The van der Waals surface area contributed by atoms with Crippen LogP contribution in [0.5, 0.6) is 0 Å². The van der Waals surface area contributed by atoms with E-state index in [9.17, 15) is 19.5 Å². The Morgan fingerprint density at radius 3 is 2.74 bits per heavy atom. The highest BCUT2D eigenvalue weighted by Crippen LogP contribution is 2.49. The van der Waals surface area contributed by atoms with Gasteiger partial charge >= 0.3 is 6.03 Å². The standard InChI is InChI=1S/C23H25FN8O6/c1-9(33)6-25-21-26-8-27-32(21)18-13-4-12-5-23(19(34)28-22(36)29-20(23)35)17-11(3)37-10(2)7-31(17)15(12)14(24)16(13)38-30-18/h4,8-11,17,33H,5-7H2,1-3H3,(H,25,26,27)(H2,28,29,34,35,36)/t9-,10+,11-,17+/m0/s1. The minimum Gasteiger partial charge on any atom is -0.392 e. The van der Waals surface area contributed by atoms with Gasteiger partial charge in [-0.3, -0.25) is 20.2 Å². The Balaban J connectivity index is 1.54. The number of benzene rings is 1. The SMILES string of the molecule is C[C@H](O)CNc1ncnn1-c1noc2c(F)c3c(cc12)CC1(C(=O)NC(=O)NC1=O)[C@H]1[C@H](C)O[C@H](C)CN31. The van der Waals surface area contributed by atoms with E-state index in [1.165, 1.54) is 11.0 Å². The number of imide groups is 2. The van der Waals surface area contributed by atoms with Crippen LogP contribution in [-0.4, -0.2) is 80.3 Å². The van der Waals surface area contributed by atoms with E-state index in [1.54, 1.807) is 24.8 Å². The minimum atomic E-state index is -1.75. The normalized spacial score (nSPS) is 25.1. The third-order valence-electron chi connectivity index (χ3n) is 7.25. The van der Waals surface area contributed by atoms with Gasteiger partial charge < -0.3 is 24.6 Å². The van der Waals surface area contributed by atoms with Gasteiger partial charge in [0.15, 0.2) is 11.2 Å². The lowest BCUT2D eigenvalue weighted by atomic mass is 9.66. The van der Waals surface area contributed by atoms with E-state index in [4.69, 9.17) is 9.26 Å². The molecule has 4 N–H and O–H groups in total. The fourth-order valence-electron chi connectivity index (χ4n) is 5.85. The number of ether oxygens (including phenoxy) is 1. The fourth-order valence-corrected chi connectivity index (χ4v) is 5.85. The number of halogens is 1. The van der Waals surface area contributed by atoms with Crippen molar-refractivity contribution in [3.8, 4) is 5.82 Å².